The van der Waals surface area contributed by atoms with Crippen LogP contribution in [0.2, 0.25) is 5.02 Å². The van der Waals surface area contributed by atoms with Crippen LogP contribution in [0.3, 0.4) is 0 Å². The predicted molar refractivity (Wildman–Crippen MR) is 116 cm³/mol. The highest BCUT2D eigenvalue weighted by molar-refractivity contribution is 6.30. The Morgan fingerprint density at radius 3 is 2.78 bits per heavy atom. The molecule has 1 N–H and O–H groups in total. The van der Waals surface area contributed by atoms with Gasteiger partial charge in [-0.25, -0.2) is 5.01 Å². The minimum absolute atomic E-state index is 0. The number of methoxy groups -OCH3 is 2. The van der Waals surface area contributed by atoms with E-state index in [4.69, 9.17) is 21.1 Å². The Bertz CT molecular complexity index is 715. The predicted octanol–water partition coefficient (Wildman–Crippen LogP) is 5.28. The zero-order chi connectivity index (χ0) is 17.6. The first kappa shape index (κ1) is 23.7. The molecule has 7 heteroatoms. The van der Waals surface area contributed by atoms with Crippen molar-refractivity contribution in [3.05, 3.63) is 53.1 Å². The first-order valence-corrected chi connectivity index (χ1v) is 8.96. The molecule has 0 amide bonds. The molecule has 0 bridgehead atoms. The Morgan fingerprint density at radius 2 is 2.04 bits per heavy atom. The lowest BCUT2D eigenvalue weighted by molar-refractivity contribution is 0.205. The van der Waals surface area contributed by atoms with Crippen LogP contribution in [-0.2, 0) is 6.42 Å². The fourth-order valence-corrected chi connectivity index (χ4v) is 3.59. The normalized spacial score (nSPS) is 16.6. The van der Waals surface area contributed by atoms with Gasteiger partial charge in [-0.15, -0.1) is 24.8 Å². The zero-order valence-corrected chi connectivity index (χ0v) is 17.9. The average molecular weight is 433 g/mol. The molecule has 1 saturated heterocycles. The van der Waals surface area contributed by atoms with Crippen LogP contribution in [0.15, 0.2) is 36.4 Å². The third-order valence-corrected chi connectivity index (χ3v) is 4.81. The van der Waals surface area contributed by atoms with Crippen molar-refractivity contribution in [2.75, 3.05) is 32.7 Å². The number of anilines is 1. The maximum absolute atomic E-state index is 6.17. The molecule has 1 unspecified atom stereocenters. The Labute approximate surface area is 179 Å². The number of hydrogen-bond acceptors (Lipinski definition) is 4. The van der Waals surface area contributed by atoms with Gasteiger partial charge >= 0.3 is 0 Å². The summed E-state index contributed by atoms with van der Waals surface area (Å²) in [5.74, 6) is 2.20. The third-order valence-electron chi connectivity index (χ3n) is 4.57. The Balaban J connectivity index is 0.00000182. The Kier molecular flexibility index (Phi) is 10.1. The highest BCUT2D eigenvalue weighted by atomic mass is 35.5. The lowest BCUT2D eigenvalue weighted by Gasteiger charge is -2.34. The van der Waals surface area contributed by atoms with Crippen LogP contribution < -0.4 is 14.9 Å². The molecule has 0 aromatic heterocycles. The molecule has 1 aliphatic rings. The number of benzene rings is 2. The first-order valence-electron chi connectivity index (χ1n) is 8.58. The molecule has 1 aliphatic heterocycles. The summed E-state index contributed by atoms with van der Waals surface area (Å²) >= 11 is 6.17. The fourth-order valence-electron chi connectivity index (χ4n) is 3.40. The van der Waals surface area contributed by atoms with Crippen LogP contribution in [0.25, 0.3) is 0 Å². The SMILES string of the molecule is COc1[c]cccc1NN1CCCC(Cc2cc(Cl)ccc2OC)C1.Cl.Cl. The van der Waals surface area contributed by atoms with Gasteiger partial charge in [-0.2, -0.15) is 0 Å². The van der Waals surface area contributed by atoms with E-state index in [2.05, 4.69) is 16.5 Å². The summed E-state index contributed by atoms with van der Waals surface area (Å²) in [7, 11) is 3.38. The molecular formula is C20H26Cl3N2O2. The second-order valence-electron chi connectivity index (χ2n) is 6.34. The third kappa shape index (κ3) is 6.35. The van der Waals surface area contributed by atoms with Crippen LogP contribution in [0.1, 0.15) is 18.4 Å². The number of hydrogen-bond donors (Lipinski definition) is 1. The van der Waals surface area contributed by atoms with Gasteiger partial charge in [-0.3, -0.25) is 0 Å². The first-order chi connectivity index (χ1) is 12.2. The number of rotatable bonds is 6. The van der Waals surface area contributed by atoms with Gasteiger partial charge in [0.2, 0.25) is 0 Å². The van der Waals surface area contributed by atoms with Crippen LogP contribution in [-0.4, -0.2) is 32.3 Å². The van der Waals surface area contributed by atoms with Crippen molar-refractivity contribution in [2.24, 2.45) is 5.92 Å². The van der Waals surface area contributed by atoms with Gasteiger partial charge in [0.05, 0.1) is 19.9 Å². The summed E-state index contributed by atoms with van der Waals surface area (Å²) in [5, 5.41) is 3.02. The number of hydrazine groups is 1. The van der Waals surface area contributed by atoms with E-state index in [-0.39, 0.29) is 24.8 Å². The number of halogens is 3. The van der Waals surface area contributed by atoms with Crippen LogP contribution >= 0.6 is 36.4 Å². The number of nitrogens with one attached hydrogen (secondary N) is 1. The maximum atomic E-state index is 6.17. The van der Waals surface area contributed by atoms with Gasteiger partial charge < -0.3 is 14.9 Å². The van der Waals surface area contributed by atoms with Crippen LogP contribution in [0.5, 0.6) is 11.5 Å². The molecule has 27 heavy (non-hydrogen) atoms. The molecule has 0 aliphatic carbocycles. The largest absolute Gasteiger partial charge is 0.496 e. The van der Waals surface area contributed by atoms with Gasteiger partial charge in [0, 0.05) is 24.2 Å². The lowest BCUT2D eigenvalue weighted by Crippen LogP contribution is -2.40. The Morgan fingerprint density at radius 1 is 1.22 bits per heavy atom. The molecule has 3 rings (SSSR count). The molecule has 1 fully saturated rings. The number of ether oxygens (including phenoxy) is 2. The molecule has 1 heterocycles. The van der Waals surface area contributed by atoms with Crippen molar-refractivity contribution < 1.29 is 9.47 Å². The van der Waals surface area contributed by atoms with Gasteiger partial charge in [-0.1, -0.05) is 23.7 Å². The van der Waals surface area contributed by atoms with E-state index in [1.54, 1.807) is 14.2 Å². The summed E-state index contributed by atoms with van der Waals surface area (Å²) in [6.45, 7) is 1.98. The molecule has 4 nitrogen and oxygen atoms in total. The smallest absolute Gasteiger partial charge is 0.151 e. The number of para-hydroxylation sites is 1. The van der Waals surface area contributed by atoms with E-state index in [9.17, 15) is 0 Å². The molecule has 1 atom stereocenters. The number of nitrogens with zero attached hydrogens (tertiary/aromatic N) is 1. The van der Waals surface area contributed by atoms with E-state index in [1.807, 2.05) is 36.4 Å². The second-order valence-corrected chi connectivity index (χ2v) is 6.78. The van der Waals surface area contributed by atoms with Gasteiger partial charge in [-0.05, 0) is 55.0 Å². The van der Waals surface area contributed by atoms with Crippen molar-refractivity contribution >= 4 is 42.1 Å². The van der Waals surface area contributed by atoms with Crippen molar-refractivity contribution in [1.29, 1.82) is 0 Å². The number of piperidine rings is 1. The van der Waals surface area contributed by atoms with E-state index in [1.165, 1.54) is 12.0 Å². The second kappa shape index (κ2) is 11.5. The van der Waals surface area contributed by atoms with Crippen molar-refractivity contribution in [3.8, 4) is 11.5 Å². The molecule has 2 aromatic carbocycles. The average Bonchev–Trinajstić information content (AvgIpc) is 2.63. The highest BCUT2D eigenvalue weighted by Crippen LogP contribution is 2.30. The fraction of sp³-hybridized carbons (Fsp3) is 0.400. The summed E-state index contributed by atoms with van der Waals surface area (Å²) < 4.78 is 10.9. The maximum Gasteiger partial charge on any atom is 0.151 e. The summed E-state index contributed by atoms with van der Waals surface area (Å²) in [5.41, 5.74) is 5.60. The molecule has 149 valence electrons. The van der Waals surface area contributed by atoms with Crippen molar-refractivity contribution in [3.63, 3.8) is 0 Å². The summed E-state index contributed by atoms with van der Waals surface area (Å²) in [4.78, 5) is 0. The topological polar surface area (TPSA) is 33.7 Å². The van der Waals surface area contributed by atoms with E-state index in [0.29, 0.717) is 5.92 Å². The molecule has 0 saturated carbocycles. The van der Waals surface area contributed by atoms with Crippen molar-refractivity contribution in [1.82, 2.24) is 5.01 Å². The van der Waals surface area contributed by atoms with E-state index in [0.717, 1.165) is 48.1 Å². The highest BCUT2D eigenvalue weighted by Gasteiger charge is 2.22. The Hall–Kier alpha value is -1.33. The monoisotopic (exact) mass is 431 g/mol. The quantitative estimate of drug-likeness (QED) is 0.673. The minimum atomic E-state index is 0. The van der Waals surface area contributed by atoms with Crippen LogP contribution in [0.4, 0.5) is 5.69 Å². The zero-order valence-electron chi connectivity index (χ0n) is 15.5. The van der Waals surface area contributed by atoms with Gasteiger partial charge in [0.25, 0.3) is 0 Å². The lowest BCUT2D eigenvalue weighted by atomic mass is 9.91. The summed E-state index contributed by atoms with van der Waals surface area (Å²) in [6.07, 6.45) is 3.31. The molecular weight excluding hydrogens is 407 g/mol. The van der Waals surface area contributed by atoms with Crippen molar-refractivity contribution in [2.45, 2.75) is 19.3 Å². The van der Waals surface area contributed by atoms with E-state index < -0.39 is 0 Å². The molecule has 0 spiro atoms. The van der Waals surface area contributed by atoms with Crippen LogP contribution in [0, 0.1) is 12.0 Å². The molecule has 1 radical (unpaired) electrons. The van der Waals surface area contributed by atoms with E-state index >= 15 is 0 Å². The molecule has 2 aromatic rings. The standard InChI is InChI=1S/C20H24ClN2O2.2ClH/c1-24-19-10-9-17(21)13-16(19)12-15-6-5-11-23(14-15)22-18-7-3-4-8-20(18)25-2;;/h3-4,7,9-10,13,15,22H,5-6,11-12,14H2,1-2H3;2*1H. The van der Waals surface area contributed by atoms with Gasteiger partial charge in [0.15, 0.2) is 5.75 Å². The van der Waals surface area contributed by atoms with Gasteiger partial charge in [0.1, 0.15) is 5.75 Å². The minimum Gasteiger partial charge on any atom is -0.496 e. The summed E-state index contributed by atoms with van der Waals surface area (Å²) in [6, 6.07) is 14.8.